The second-order valence-electron chi connectivity index (χ2n) is 4.15. The molecular weight excluding hydrogens is 843 g/mol. The number of hydrogen-bond acceptors (Lipinski definition) is 3. The lowest BCUT2D eigenvalue weighted by atomic mass is 10.3. The van der Waals surface area contributed by atoms with Gasteiger partial charge in [0.2, 0.25) is 0 Å². The fraction of sp³-hybridized carbons (Fsp3) is 0.0769. The van der Waals surface area contributed by atoms with Gasteiger partial charge in [-0.15, -0.1) is 0 Å². The van der Waals surface area contributed by atoms with Gasteiger partial charge in [0.15, 0.2) is 23.0 Å². The number of benzene rings is 2. The predicted molar refractivity (Wildman–Crippen MR) is 123 cm³/mol. The van der Waals surface area contributed by atoms with Gasteiger partial charge in [-0.3, -0.25) is 0 Å². The van der Waals surface area contributed by atoms with Crippen LogP contribution >= 0.6 is 127 Å². The maximum Gasteiger partial charge on any atom is 0.186 e. The van der Waals surface area contributed by atoms with E-state index in [4.69, 9.17) is 9.47 Å². The van der Waals surface area contributed by atoms with Crippen molar-refractivity contribution in [3.63, 3.8) is 0 Å². The third-order valence-corrected chi connectivity index (χ3v) is 12.2. The molecule has 0 amide bonds. The Bertz CT molecular complexity index is 808. The lowest BCUT2D eigenvalue weighted by Crippen LogP contribution is -1.96. The smallest absolute Gasteiger partial charge is 0.186 e. The van der Waals surface area contributed by atoms with E-state index in [-0.39, 0.29) is 11.5 Å². The second-order valence-corrected chi connectivity index (χ2v) is 10.5. The van der Waals surface area contributed by atoms with Gasteiger partial charge < -0.3 is 14.6 Å². The lowest BCUT2D eigenvalue weighted by molar-refractivity contribution is 0.360. The summed E-state index contributed by atoms with van der Waals surface area (Å²) in [6, 6.07) is 0. The Labute approximate surface area is 205 Å². The first-order chi connectivity index (χ1) is 11.1. The van der Waals surface area contributed by atoms with Crippen molar-refractivity contribution in [1.29, 1.82) is 0 Å². The maximum atomic E-state index is 10.5. The Morgan fingerprint density at radius 3 is 1.38 bits per heavy atom. The molecule has 0 aromatic heterocycles. The molecule has 0 aliphatic carbocycles. The average Bonchev–Trinajstić information content (AvgIpc) is 2.57. The standard InChI is InChI=1S/C13H4Br8O3/c1-23-12-8(20)4(16)5(17)9(21)13(12)24-11-7(19)3(15)2(14)6(18)10(11)22/h22H,1H3. The van der Waals surface area contributed by atoms with Crippen LogP contribution in [0.4, 0.5) is 0 Å². The van der Waals surface area contributed by atoms with Crippen LogP contribution in [0.1, 0.15) is 0 Å². The number of rotatable bonds is 3. The van der Waals surface area contributed by atoms with Gasteiger partial charge in [0, 0.05) is 0 Å². The van der Waals surface area contributed by atoms with Crippen LogP contribution in [-0.2, 0) is 0 Å². The molecule has 0 heterocycles. The summed E-state index contributed by atoms with van der Waals surface area (Å²) in [6.45, 7) is 0. The van der Waals surface area contributed by atoms with Crippen molar-refractivity contribution >= 4 is 127 Å². The summed E-state index contributed by atoms with van der Waals surface area (Å²) in [6.07, 6.45) is 0. The molecule has 0 bridgehead atoms. The number of phenolic OH excluding ortho intramolecular Hbond substituents is 1. The zero-order chi connectivity index (χ0) is 18.3. The number of hydrogen-bond donors (Lipinski definition) is 1. The Kier molecular flexibility index (Phi) is 8.05. The molecule has 0 atom stereocenters. The lowest BCUT2D eigenvalue weighted by Gasteiger charge is -2.19. The van der Waals surface area contributed by atoms with Crippen LogP contribution in [0.2, 0.25) is 0 Å². The van der Waals surface area contributed by atoms with Crippen LogP contribution in [0, 0.1) is 0 Å². The van der Waals surface area contributed by atoms with Crippen molar-refractivity contribution in [3.05, 3.63) is 35.8 Å². The number of halogens is 8. The zero-order valence-electron chi connectivity index (χ0n) is 11.3. The molecule has 2 aromatic rings. The van der Waals surface area contributed by atoms with Crippen molar-refractivity contribution in [1.82, 2.24) is 0 Å². The summed E-state index contributed by atoms with van der Waals surface area (Å²) in [5.41, 5.74) is 0. The first kappa shape index (κ1) is 22.0. The molecule has 24 heavy (non-hydrogen) atoms. The Morgan fingerprint density at radius 1 is 0.542 bits per heavy atom. The monoisotopic (exact) mass is 839 g/mol. The number of methoxy groups -OCH3 is 1. The van der Waals surface area contributed by atoms with Gasteiger partial charge in [-0.1, -0.05) is 0 Å². The highest BCUT2D eigenvalue weighted by molar-refractivity contribution is 9.15. The Hall–Kier alpha value is 1.68. The van der Waals surface area contributed by atoms with Crippen LogP contribution in [0.3, 0.4) is 0 Å². The summed E-state index contributed by atoms with van der Waals surface area (Å²) < 4.78 is 16.6. The second kappa shape index (κ2) is 8.79. The number of ether oxygens (including phenoxy) is 2. The topological polar surface area (TPSA) is 38.7 Å². The summed E-state index contributed by atoms with van der Waals surface area (Å²) >= 11 is 27.5. The first-order valence-corrected chi connectivity index (χ1v) is 12.1. The Morgan fingerprint density at radius 2 is 0.917 bits per heavy atom. The third-order valence-electron chi connectivity index (χ3n) is 2.79. The van der Waals surface area contributed by atoms with E-state index in [1.54, 1.807) is 0 Å². The first-order valence-electron chi connectivity index (χ1n) is 5.76. The van der Waals surface area contributed by atoms with Crippen molar-refractivity contribution in [3.8, 4) is 23.0 Å². The predicted octanol–water partition coefficient (Wildman–Crippen LogP) is 9.29. The van der Waals surface area contributed by atoms with E-state index in [1.807, 2.05) is 0 Å². The van der Waals surface area contributed by atoms with Crippen LogP contribution in [0.25, 0.3) is 0 Å². The highest BCUT2D eigenvalue weighted by Crippen LogP contribution is 2.56. The van der Waals surface area contributed by atoms with E-state index < -0.39 is 0 Å². The van der Waals surface area contributed by atoms with Gasteiger partial charge in [-0.25, -0.2) is 0 Å². The minimum absolute atomic E-state index is 0.0685. The Balaban J connectivity index is 2.75. The number of phenols is 1. The van der Waals surface area contributed by atoms with Gasteiger partial charge in [-0.05, 0) is 127 Å². The third kappa shape index (κ3) is 3.93. The van der Waals surface area contributed by atoms with Crippen molar-refractivity contribution < 1.29 is 14.6 Å². The maximum absolute atomic E-state index is 10.5. The summed E-state index contributed by atoms with van der Waals surface area (Å²) in [7, 11) is 1.53. The highest BCUT2D eigenvalue weighted by atomic mass is 79.9. The molecule has 130 valence electrons. The quantitative estimate of drug-likeness (QED) is 0.248. The molecule has 3 nitrogen and oxygen atoms in total. The normalized spacial score (nSPS) is 10.9. The SMILES string of the molecule is COc1c(Br)c(Br)c(Br)c(Br)c1Oc1c(O)c(Br)c(Br)c(Br)c1Br. The molecule has 0 fully saturated rings. The molecule has 0 aliphatic heterocycles. The molecule has 0 aliphatic rings. The average molecular weight is 847 g/mol. The van der Waals surface area contributed by atoms with E-state index in [0.717, 1.165) is 8.95 Å². The fourth-order valence-electron chi connectivity index (χ4n) is 1.66. The molecule has 0 saturated heterocycles. The molecule has 1 N–H and O–H groups in total. The van der Waals surface area contributed by atoms with E-state index in [9.17, 15) is 5.11 Å². The molecular formula is C13H4Br8O3. The zero-order valence-corrected chi connectivity index (χ0v) is 24.0. The summed E-state index contributed by atoms with van der Waals surface area (Å²) in [4.78, 5) is 0. The molecule has 0 spiro atoms. The van der Waals surface area contributed by atoms with E-state index in [1.165, 1.54) is 7.11 Å². The van der Waals surface area contributed by atoms with Gasteiger partial charge in [0.05, 0.1) is 42.9 Å². The van der Waals surface area contributed by atoms with Crippen molar-refractivity contribution in [2.24, 2.45) is 0 Å². The van der Waals surface area contributed by atoms with Gasteiger partial charge in [0.1, 0.15) is 0 Å². The van der Waals surface area contributed by atoms with Gasteiger partial charge >= 0.3 is 0 Å². The van der Waals surface area contributed by atoms with Crippen LogP contribution in [0.5, 0.6) is 23.0 Å². The van der Waals surface area contributed by atoms with Gasteiger partial charge in [-0.2, -0.15) is 0 Å². The summed E-state index contributed by atoms with van der Waals surface area (Å²) in [5.74, 6) is 0.994. The molecule has 0 unspecified atom stereocenters. The van der Waals surface area contributed by atoms with Crippen LogP contribution in [0.15, 0.2) is 35.8 Å². The van der Waals surface area contributed by atoms with Crippen molar-refractivity contribution in [2.75, 3.05) is 7.11 Å². The van der Waals surface area contributed by atoms with Crippen LogP contribution in [-0.4, -0.2) is 12.2 Å². The van der Waals surface area contributed by atoms with E-state index in [2.05, 4.69) is 127 Å². The van der Waals surface area contributed by atoms with Crippen molar-refractivity contribution in [2.45, 2.75) is 0 Å². The van der Waals surface area contributed by atoms with Crippen LogP contribution < -0.4 is 9.47 Å². The largest absolute Gasteiger partial charge is 0.503 e. The molecule has 0 saturated carbocycles. The fourth-order valence-corrected chi connectivity index (χ4v) is 6.09. The van der Waals surface area contributed by atoms with Gasteiger partial charge in [0.25, 0.3) is 0 Å². The molecule has 0 radical (unpaired) electrons. The highest BCUT2D eigenvalue weighted by Gasteiger charge is 2.26. The number of aromatic hydroxyl groups is 1. The van der Waals surface area contributed by atoms with E-state index >= 15 is 0 Å². The van der Waals surface area contributed by atoms with E-state index in [0.29, 0.717) is 38.3 Å². The molecule has 2 aromatic carbocycles. The minimum Gasteiger partial charge on any atom is -0.503 e. The molecule has 2 rings (SSSR count). The summed E-state index contributed by atoms with van der Waals surface area (Å²) in [5, 5.41) is 10.5. The molecule has 11 heteroatoms. The minimum atomic E-state index is -0.0685.